The van der Waals surface area contributed by atoms with E-state index in [1.165, 1.54) is 4.68 Å². The van der Waals surface area contributed by atoms with Gasteiger partial charge in [-0.15, -0.1) is 21.8 Å². The van der Waals surface area contributed by atoms with Crippen molar-refractivity contribution in [3.05, 3.63) is 57.8 Å². The largest absolute Gasteiger partial charge is 0.508 e. The van der Waals surface area contributed by atoms with Crippen molar-refractivity contribution in [2.45, 2.75) is 13.8 Å². The standard InChI is InChI=1S/C17H19ClN4O4/c1-4-26-17(25)15(13(23)10-18)20-19-14-11(2)21(3)22(16(14)24)12-8-6-5-7-9-12/h5-9,23H,4,10H2,1-3H3/b15-13-,20-19?. The van der Waals surface area contributed by atoms with Crippen LogP contribution in [0.5, 0.6) is 0 Å². The van der Waals surface area contributed by atoms with Crippen LogP contribution in [-0.2, 0) is 16.6 Å². The van der Waals surface area contributed by atoms with Gasteiger partial charge in [0.1, 0.15) is 5.76 Å². The molecule has 138 valence electrons. The molecule has 1 aromatic carbocycles. The van der Waals surface area contributed by atoms with Crippen LogP contribution >= 0.6 is 11.6 Å². The second-order valence-electron chi connectivity index (χ2n) is 5.26. The lowest BCUT2D eigenvalue weighted by molar-refractivity contribution is -0.138. The predicted molar refractivity (Wildman–Crippen MR) is 97.3 cm³/mol. The normalized spacial score (nSPS) is 12.3. The summed E-state index contributed by atoms with van der Waals surface area (Å²) in [6.07, 6.45) is 0. The van der Waals surface area contributed by atoms with Crippen molar-refractivity contribution in [3.63, 3.8) is 0 Å². The Balaban J connectivity index is 2.52. The highest BCUT2D eigenvalue weighted by Crippen LogP contribution is 2.19. The first kappa shape index (κ1) is 19.5. The second kappa shape index (κ2) is 8.48. The van der Waals surface area contributed by atoms with Gasteiger partial charge >= 0.3 is 5.97 Å². The zero-order valence-electron chi connectivity index (χ0n) is 14.6. The van der Waals surface area contributed by atoms with Crippen LogP contribution in [0, 0.1) is 6.92 Å². The maximum atomic E-state index is 12.7. The van der Waals surface area contributed by atoms with E-state index in [0.717, 1.165) is 0 Å². The molecule has 0 atom stereocenters. The predicted octanol–water partition coefficient (Wildman–Crippen LogP) is 3.14. The number of benzene rings is 1. The Bertz CT molecular complexity index is 913. The number of aromatic nitrogens is 2. The Hall–Kier alpha value is -2.87. The van der Waals surface area contributed by atoms with Crippen molar-refractivity contribution in [1.29, 1.82) is 0 Å². The molecule has 0 saturated heterocycles. The lowest BCUT2D eigenvalue weighted by atomic mass is 10.3. The lowest BCUT2D eigenvalue weighted by Crippen LogP contribution is -2.19. The minimum absolute atomic E-state index is 0.0422. The summed E-state index contributed by atoms with van der Waals surface area (Å²) in [7, 11) is 1.71. The van der Waals surface area contributed by atoms with E-state index < -0.39 is 23.0 Å². The summed E-state index contributed by atoms with van der Waals surface area (Å²) in [5.74, 6) is -1.69. The first-order valence-electron chi connectivity index (χ1n) is 7.83. The third kappa shape index (κ3) is 3.85. The van der Waals surface area contributed by atoms with Gasteiger partial charge in [-0.1, -0.05) is 18.2 Å². The molecule has 0 aliphatic rings. The highest BCUT2D eigenvalue weighted by atomic mass is 35.5. The molecule has 1 aromatic heterocycles. The third-order valence-corrected chi connectivity index (χ3v) is 3.90. The van der Waals surface area contributed by atoms with Crippen molar-refractivity contribution in [3.8, 4) is 5.69 Å². The van der Waals surface area contributed by atoms with Crippen LogP contribution in [-0.4, -0.2) is 32.9 Å². The highest BCUT2D eigenvalue weighted by molar-refractivity contribution is 6.19. The molecule has 0 spiro atoms. The average molecular weight is 379 g/mol. The van der Waals surface area contributed by atoms with Crippen molar-refractivity contribution in [1.82, 2.24) is 9.36 Å². The molecular weight excluding hydrogens is 360 g/mol. The molecule has 0 saturated carbocycles. The van der Waals surface area contributed by atoms with Gasteiger partial charge in [-0.25, -0.2) is 9.48 Å². The molecule has 9 heteroatoms. The minimum atomic E-state index is -0.869. The molecular formula is C17H19ClN4O4. The van der Waals surface area contributed by atoms with Crippen LogP contribution in [0.4, 0.5) is 5.69 Å². The van der Waals surface area contributed by atoms with Crippen LogP contribution in [0.15, 0.2) is 56.8 Å². The van der Waals surface area contributed by atoms with E-state index in [-0.39, 0.29) is 18.2 Å². The van der Waals surface area contributed by atoms with Gasteiger partial charge in [0.2, 0.25) is 5.70 Å². The van der Waals surface area contributed by atoms with Gasteiger partial charge in [0.15, 0.2) is 5.69 Å². The van der Waals surface area contributed by atoms with Crippen LogP contribution < -0.4 is 5.56 Å². The Morgan fingerprint density at radius 1 is 1.31 bits per heavy atom. The Morgan fingerprint density at radius 2 is 1.96 bits per heavy atom. The molecule has 0 radical (unpaired) electrons. The fraction of sp³-hybridized carbons (Fsp3) is 0.294. The minimum Gasteiger partial charge on any atom is -0.508 e. The number of rotatable bonds is 6. The number of aliphatic hydroxyl groups excluding tert-OH is 1. The molecule has 2 aromatic rings. The van der Waals surface area contributed by atoms with Gasteiger partial charge in [0.05, 0.1) is 23.9 Å². The molecule has 0 amide bonds. The monoisotopic (exact) mass is 378 g/mol. The molecule has 1 N–H and O–H groups in total. The fourth-order valence-corrected chi connectivity index (χ4v) is 2.38. The van der Waals surface area contributed by atoms with Gasteiger partial charge in [-0.05, 0) is 26.0 Å². The number of azo groups is 1. The Kier molecular flexibility index (Phi) is 6.35. The quantitative estimate of drug-likeness (QED) is 0.274. The SMILES string of the molecule is CCOC(=O)/C(N=Nc1c(C)n(C)n(-c2ccccc2)c1=O)=C(/O)CCl. The summed E-state index contributed by atoms with van der Waals surface area (Å²) in [6.45, 7) is 3.41. The summed E-state index contributed by atoms with van der Waals surface area (Å²) in [5.41, 5.74) is 0.398. The maximum Gasteiger partial charge on any atom is 0.362 e. The van der Waals surface area contributed by atoms with Gasteiger partial charge in [0, 0.05) is 7.05 Å². The number of aliphatic hydroxyl groups is 1. The van der Waals surface area contributed by atoms with Crippen molar-refractivity contribution in [2.24, 2.45) is 17.3 Å². The van der Waals surface area contributed by atoms with Gasteiger partial charge in [0.25, 0.3) is 5.56 Å². The third-order valence-electron chi connectivity index (χ3n) is 3.64. The number of carbonyl (C=O) groups excluding carboxylic acids is 1. The first-order valence-corrected chi connectivity index (χ1v) is 8.36. The van der Waals surface area contributed by atoms with Crippen LogP contribution in [0.1, 0.15) is 12.6 Å². The second-order valence-corrected chi connectivity index (χ2v) is 5.53. The van der Waals surface area contributed by atoms with Crippen LogP contribution in [0.2, 0.25) is 0 Å². The number of carbonyl (C=O) groups is 1. The van der Waals surface area contributed by atoms with Gasteiger partial charge in [-0.3, -0.25) is 9.48 Å². The van der Waals surface area contributed by atoms with E-state index in [9.17, 15) is 14.7 Å². The number of hydrogen-bond donors (Lipinski definition) is 1. The summed E-state index contributed by atoms with van der Waals surface area (Å²) < 4.78 is 7.87. The molecule has 0 aliphatic carbocycles. The summed E-state index contributed by atoms with van der Waals surface area (Å²) in [5, 5.41) is 17.4. The molecule has 26 heavy (non-hydrogen) atoms. The number of hydrogen-bond acceptors (Lipinski definition) is 6. The topological polar surface area (TPSA) is 98.2 Å². The van der Waals surface area contributed by atoms with E-state index >= 15 is 0 Å². The smallest absolute Gasteiger partial charge is 0.362 e. The molecule has 0 fully saturated rings. The van der Waals surface area contributed by atoms with E-state index in [2.05, 4.69) is 10.2 Å². The van der Waals surface area contributed by atoms with Gasteiger partial charge in [-0.2, -0.15) is 0 Å². The maximum absolute atomic E-state index is 12.7. The summed E-state index contributed by atoms with van der Waals surface area (Å²) in [6, 6.07) is 9.03. The molecule has 0 unspecified atom stereocenters. The van der Waals surface area contributed by atoms with E-state index in [4.69, 9.17) is 16.3 Å². The zero-order valence-corrected chi connectivity index (χ0v) is 15.4. The number of halogens is 1. The molecule has 8 nitrogen and oxygen atoms in total. The number of nitrogens with zero attached hydrogens (tertiary/aromatic N) is 4. The number of alkyl halides is 1. The fourth-order valence-electron chi connectivity index (χ4n) is 2.25. The van der Waals surface area contributed by atoms with Crippen molar-refractivity contribution in [2.75, 3.05) is 12.5 Å². The molecule has 2 rings (SSSR count). The number of para-hydroxylation sites is 1. The zero-order chi connectivity index (χ0) is 19.3. The van der Waals surface area contributed by atoms with Crippen molar-refractivity contribution < 1.29 is 14.6 Å². The van der Waals surface area contributed by atoms with Gasteiger partial charge < -0.3 is 9.84 Å². The first-order chi connectivity index (χ1) is 12.4. The number of esters is 1. The molecule has 1 heterocycles. The number of allylic oxidation sites excluding steroid dienone is 1. The lowest BCUT2D eigenvalue weighted by Gasteiger charge is -2.07. The van der Waals surface area contributed by atoms with E-state index in [0.29, 0.717) is 11.4 Å². The van der Waals surface area contributed by atoms with E-state index in [1.54, 1.807) is 37.7 Å². The number of ether oxygens (including phenoxy) is 1. The molecule has 0 aliphatic heterocycles. The van der Waals surface area contributed by atoms with E-state index in [1.807, 2.05) is 18.2 Å². The van der Waals surface area contributed by atoms with Crippen LogP contribution in [0.3, 0.4) is 0 Å². The van der Waals surface area contributed by atoms with Crippen LogP contribution in [0.25, 0.3) is 5.69 Å². The summed E-state index contributed by atoms with van der Waals surface area (Å²) >= 11 is 5.56. The molecule has 0 bridgehead atoms. The average Bonchev–Trinajstić information content (AvgIpc) is 2.85. The Morgan fingerprint density at radius 3 is 2.54 bits per heavy atom. The highest BCUT2D eigenvalue weighted by Gasteiger charge is 2.19. The van der Waals surface area contributed by atoms with Crippen molar-refractivity contribution >= 4 is 23.3 Å². The Labute approximate surface area is 155 Å². The summed E-state index contributed by atoms with van der Waals surface area (Å²) in [4.78, 5) is 24.6.